The third-order valence-electron chi connectivity index (χ3n) is 3.69. The summed E-state index contributed by atoms with van der Waals surface area (Å²) in [5, 5.41) is 3.30. The summed E-state index contributed by atoms with van der Waals surface area (Å²) in [5.74, 6) is 0.455. The van der Waals surface area contributed by atoms with Crippen molar-refractivity contribution in [1.29, 1.82) is 0 Å². The van der Waals surface area contributed by atoms with Gasteiger partial charge in [0, 0.05) is 35.1 Å². The average molecular weight is 376 g/mol. The van der Waals surface area contributed by atoms with Crippen molar-refractivity contribution in [3.63, 3.8) is 0 Å². The molecule has 27 heavy (non-hydrogen) atoms. The number of hydrogen-bond acceptors (Lipinski definition) is 4. The molecule has 0 fully saturated rings. The maximum absolute atomic E-state index is 12.4. The van der Waals surface area contributed by atoms with E-state index in [0.29, 0.717) is 28.9 Å². The van der Waals surface area contributed by atoms with E-state index in [1.807, 2.05) is 41.5 Å². The number of methoxy groups -OCH3 is 1. The number of pyridine rings is 1. The first-order chi connectivity index (χ1) is 12.6. The molecule has 1 aromatic heterocycles. The Labute approximate surface area is 161 Å². The lowest BCUT2D eigenvalue weighted by Gasteiger charge is -2.09. The number of carbonyl (C=O) groups excluding carboxylic acids is 1. The van der Waals surface area contributed by atoms with E-state index in [1.54, 1.807) is 31.5 Å². The molecule has 0 saturated carbocycles. The normalized spacial score (nSPS) is 10.9. The zero-order chi connectivity index (χ0) is 20.6. The van der Waals surface area contributed by atoms with Crippen molar-refractivity contribution in [2.45, 2.75) is 60.3 Å². The van der Waals surface area contributed by atoms with E-state index in [1.165, 1.54) is 0 Å². The van der Waals surface area contributed by atoms with Gasteiger partial charge in [-0.3, -0.25) is 9.59 Å². The Kier molecular flexibility index (Phi) is 9.02. The van der Waals surface area contributed by atoms with Crippen molar-refractivity contribution >= 4 is 16.8 Å². The van der Waals surface area contributed by atoms with E-state index >= 15 is 0 Å². The zero-order valence-electron chi connectivity index (χ0n) is 17.4. The highest BCUT2D eigenvalue weighted by atomic mass is 16.5. The molecule has 1 aromatic carbocycles. The van der Waals surface area contributed by atoms with E-state index in [2.05, 4.69) is 10.3 Å². The third-order valence-corrected chi connectivity index (χ3v) is 3.69. The molecule has 2 N–H and O–H groups in total. The standard InChI is InChI=1S/C15H18N2O3.C6H14O/c1-9(2)15(19)17-8-10-7-16-13-5-4-11(20-3)6-12(13)14(10)18;1-5(2)7-6(3)4/h4-7,9H,8H2,1-3H3,(H,16,18)(H,17,19);5-6H,1-4H3. The maximum atomic E-state index is 12.4. The summed E-state index contributed by atoms with van der Waals surface area (Å²) >= 11 is 0. The highest BCUT2D eigenvalue weighted by Crippen LogP contribution is 2.16. The number of benzene rings is 1. The Hall–Kier alpha value is -2.34. The van der Waals surface area contributed by atoms with Gasteiger partial charge in [-0.2, -0.15) is 0 Å². The number of rotatable bonds is 6. The molecule has 2 aromatic rings. The van der Waals surface area contributed by atoms with Gasteiger partial charge in [0.25, 0.3) is 0 Å². The number of fused-ring (bicyclic) bond motifs is 1. The van der Waals surface area contributed by atoms with Gasteiger partial charge in [-0.25, -0.2) is 0 Å². The number of nitrogens with one attached hydrogen (secondary N) is 2. The first kappa shape index (κ1) is 22.7. The molecule has 6 heteroatoms. The number of amides is 1. The molecule has 6 nitrogen and oxygen atoms in total. The predicted octanol–water partition coefficient (Wildman–Crippen LogP) is 3.63. The van der Waals surface area contributed by atoms with Crippen molar-refractivity contribution in [2.75, 3.05) is 7.11 Å². The number of aromatic nitrogens is 1. The second-order valence-electron chi connectivity index (χ2n) is 7.16. The number of carbonyl (C=O) groups is 1. The maximum Gasteiger partial charge on any atom is 0.222 e. The molecule has 0 aliphatic carbocycles. The number of hydrogen-bond donors (Lipinski definition) is 2. The highest BCUT2D eigenvalue weighted by molar-refractivity contribution is 5.81. The summed E-state index contributed by atoms with van der Waals surface area (Å²) in [4.78, 5) is 27.0. The highest BCUT2D eigenvalue weighted by Gasteiger charge is 2.10. The molecule has 0 unspecified atom stereocenters. The molecule has 0 bridgehead atoms. The van der Waals surface area contributed by atoms with Gasteiger partial charge in [0.2, 0.25) is 5.91 Å². The zero-order valence-corrected chi connectivity index (χ0v) is 17.4. The van der Waals surface area contributed by atoms with Crippen LogP contribution in [-0.4, -0.2) is 30.2 Å². The summed E-state index contributed by atoms with van der Waals surface area (Å²) in [5.41, 5.74) is 1.18. The van der Waals surface area contributed by atoms with E-state index < -0.39 is 0 Å². The first-order valence-electron chi connectivity index (χ1n) is 9.27. The lowest BCUT2D eigenvalue weighted by atomic mass is 10.1. The molecule has 0 aliphatic heterocycles. The Bertz CT molecular complexity index is 788. The second-order valence-corrected chi connectivity index (χ2v) is 7.16. The van der Waals surface area contributed by atoms with Crippen LogP contribution in [0.25, 0.3) is 10.9 Å². The van der Waals surface area contributed by atoms with Gasteiger partial charge in [-0.15, -0.1) is 0 Å². The molecule has 2 rings (SSSR count). The van der Waals surface area contributed by atoms with Crippen LogP contribution in [0.5, 0.6) is 5.75 Å². The molecule has 150 valence electrons. The van der Waals surface area contributed by atoms with E-state index in [4.69, 9.17) is 9.47 Å². The predicted molar refractivity (Wildman–Crippen MR) is 109 cm³/mol. The Morgan fingerprint density at radius 1 is 1.11 bits per heavy atom. The molecular weight excluding hydrogens is 344 g/mol. The van der Waals surface area contributed by atoms with Crippen LogP contribution in [0.4, 0.5) is 0 Å². The largest absolute Gasteiger partial charge is 0.497 e. The molecular formula is C21H32N2O4. The summed E-state index contributed by atoms with van der Waals surface area (Å²) in [7, 11) is 1.56. The van der Waals surface area contributed by atoms with Gasteiger partial charge in [0.15, 0.2) is 5.43 Å². The van der Waals surface area contributed by atoms with Crippen molar-refractivity contribution < 1.29 is 14.3 Å². The summed E-state index contributed by atoms with van der Waals surface area (Å²) in [6.45, 7) is 12.0. The van der Waals surface area contributed by atoms with Crippen LogP contribution >= 0.6 is 0 Å². The van der Waals surface area contributed by atoms with E-state index in [9.17, 15) is 9.59 Å². The quantitative estimate of drug-likeness (QED) is 0.807. The monoisotopic (exact) mass is 376 g/mol. The van der Waals surface area contributed by atoms with Crippen LogP contribution in [0, 0.1) is 5.92 Å². The SMILES string of the molecule is CC(C)OC(C)C.COc1ccc2[nH]cc(CNC(=O)C(C)C)c(=O)c2c1. The molecule has 0 aliphatic rings. The Morgan fingerprint density at radius 3 is 2.22 bits per heavy atom. The smallest absolute Gasteiger partial charge is 0.222 e. The van der Waals surface area contributed by atoms with Gasteiger partial charge >= 0.3 is 0 Å². The summed E-state index contributed by atoms with van der Waals surface area (Å²) in [6.07, 6.45) is 2.39. The summed E-state index contributed by atoms with van der Waals surface area (Å²) < 4.78 is 10.4. The average Bonchev–Trinajstić information content (AvgIpc) is 2.60. The number of ether oxygens (including phenoxy) is 2. The van der Waals surface area contributed by atoms with Crippen LogP contribution in [-0.2, 0) is 16.1 Å². The first-order valence-corrected chi connectivity index (χ1v) is 9.27. The molecule has 0 spiro atoms. The van der Waals surface area contributed by atoms with E-state index in [0.717, 1.165) is 5.52 Å². The van der Waals surface area contributed by atoms with Gasteiger partial charge in [-0.05, 0) is 45.9 Å². The number of aromatic amines is 1. The van der Waals surface area contributed by atoms with Crippen molar-refractivity contribution in [2.24, 2.45) is 5.92 Å². The third kappa shape index (κ3) is 7.43. The Balaban J connectivity index is 0.000000445. The van der Waals surface area contributed by atoms with Gasteiger partial charge in [0.1, 0.15) is 5.75 Å². The van der Waals surface area contributed by atoms with Crippen LogP contribution in [0.1, 0.15) is 47.1 Å². The minimum Gasteiger partial charge on any atom is -0.497 e. The fourth-order valence-electron chi connectivity index (χ4n) is 2.43. The molecule has 0 radical (unpaired) electrons. The second kappa shape index (κ2) is 10.7. The van der Waals surface area contributed by atoms with Gasteiger partial charge in [0.05, 0.1) is 19.3 Å². The fourth-order valence-corrected chi connectivity index (χ4v) is 2.43. The number of H-pyrrole nitrogens is 1. The van der Waals surface area contributed by atoms with Crippen LogP contribution in [0.15, 0.2) is 29.2 Å². The lowest BCUT2D eigenvalue weighted by Crippen LogP contribution is -2.29. The van der Waals surface area contributed by atoms with E-state index in [-0.39, 0.29) is 23.8 Å². The molecule has 0 saturated heterocycles. The van der Waals surface area contributed by atoms with Crippen molar-refractivity contribution in [3.8, 4) is 5.75 Å². The van der Waals surface area contributed by atoms with Crippen LogP contribution < -0.4 is 15.5 Å². The van der Waals surface area contributed by atoms with Crippen LogP contribution in [0.2, 0.25) is 0 Å². The van der Waals surface area contributed by atoms with Crippen LogP contribution in [0.3, 0.4) is 0 Å². The minimum absolute atomic E-state index is 0.0739. The van der Waals surface area contributed by atoms with Crippen molar-refractivity contribution in [1.82, 2.24) is 10.3 Å². The molecule has 1 amide bonds. The summed E-state index contributed by atoms with van der Waals surface area (Å²) in [6, 6.07) is 5.28. The van der Waals surface area contributed by atoms with Gasteiger partial charge < -0.3 is 19.8 Å². The van der Waals surface area contributed by atoms with Crippen molar-refractivity contribution in [3.05, 3.63) is 40.2 Å². The minimum atomic E-state index is -0.102. The lowest BCUT2D eigenvalue weighted by molar-refractivity contribution is -0.124. The van der Waals surface area contributed by atoms with Gasteiger partial charge in [-0.1, -0.05) is 13.8 Å². The fraction of sp³-hybridized carbons (Fsp3) is 0.524. The molecule has 0 atom stereocenters. The topological polar surface area (TPSA) is 80.4 Å². The Morgan fingerprint density at radius 2 is 1.74 bits per heavy atom. The molecule has 1 heterocycles.